The summed E-state index contributed by atoms with van der Waals surface area (Å²) in [5.41, 5.74) is -0.920. The Morgan fingerprint density at radius 1 is 1.54 bits per heavy atom. The highest BCUT2D eigenvalue weighted by Crippen LogP contribution is 2.09. The van der Waals surface area contributed by atoms with Crippen LogP contribution in [0, 0.1) is 0 Å². The van der Waals surface area contributed by atoms with Gasteiger partial charge in [0, 0.05) is 6.54 Å². The van der Waals surface area contributed by atoms with Crippen molar-refractivity contribution in [1.82, 2.24) is 5.32 Å². The van der Waals surface area contributed by atoms with Crippen LogP contribution in [0.2, 0.25) is 0 Å². The van der Waals surface area contributed by atoms with E-state index in [2.05, 4.69) is 5.32 Å². The summed E-state index contributed by atoms with van der Waals surface area (Å²) >= 11 is 0. The molecule has 0 fully saturated rings. The molecule has 0 aromatic rings. The van der Waals surface area contributed by atoms with Crippen molar-refractivity contribution in [3.63, 3.8) is 0 Å². The van der Waals surface area contributed by atoms with Crippen LogP contribution in [0.15, 0.2) is 0 Å². The molecule has 4 nitrogen and oxygen atoms in total. The molecular weight excluding hydrogens is 170 g/mol. The summed E-state index contributed by atoms with van der Waals surface area (Å²) in [6.45, 7) is 5.61. The van der Waals surface area contributed by atoms with Crippen molar-refractivity contribution >= 4 is 5.97 Å². The quantitative estimate of drug-likeness (QED) is 0.572. The Morgan fingerprint density at radius 3 is 2.38 bits per heavy atom. The van der Waals surface area contributed by atoms with Crippen LogP contribution in [0.4, 0.5) is 0 Å². The van der Waals surface area contributed by atoms with Gasteiger partial charge in [0.25, 0.3) is 0 Å². The minimum Gasteiger partial charge on any atom is -0.480 e. The van der Waals surface area contributed by atoms with E-state index in [0.717, 1.165) is 0 Å². The van der Waals surface area contributed by atoms with Gasteiger partial charge < -0.3 is 10.2 Å². The first kappa shape index (κ1) is 12.4. The lowest BCUT2D eigenvalue weighted by Crippen LogP contribution is -2.51. The lowest BCUT2D eigenvalue weighted by Gasteiger charge is -2.25. The normalized spacial score (nSPS) is 17.8. The standard InChI is InChI=1S/C9H19NO3/c1-4-7(11)6-10-9(3,5-2)8(12)13/h7,10-11H,4-6H2,1-3H3,(H,12,13). The third-order valence-electron chi connectivity index (χ3n) is 2.38. The van der Waals surface area contributed by atoms with E-state index in [9.17, 15) is 9.90 Å². The summed E-state index contributed by atoms with van der Waals surface area (Å²) in [6, 6.07) is 0. The smallest absolute Gasteiger partial charge is 0.323 e. The van der Waals surface area contributed by atoms with E-state index in [4.69, 9.17) is 5.11 Å². The molecule has 3 N–H and O–H groups in total. The predicted octanol–water partition coefficient (Wildman–Crippen LogP) is 0.600. The molecule has 0 aliphatic rings. The van der Waals surface area contributed by atoms with Crippen molar-refractivity contribution < 1.29 is 15.0 Å². The zero-order chi connectivity index (χ0) is 10.5. The van der Waals surface area contributed by atoms with E-state index in [1.807, 2.05) is 6.92 Å². The van der Waals surface area contributed by atoms with Crippen molar-refractivity contribution in [2.24, 2.45) is 0 Å². The highest BCUT2D eigenvalue weighted by Gasteiger charge is 2.30. The van der Waals surface area contributed by atoms with Crippen LogP contribution >= 0.6 is 0 Å². The molecule has 0 rings (SSSR count). The van der Waals surface area contributed by atoms with Crippen molar-refractivity contribution in [3.8, 4) is 0 Å². The Morgan fingerprint density at radius 2 is 2.08 bits per heavy atom. The molecule has 0 amide bonds. The summed E-state index contributed by atoms with van der Waals surface area (Å²) in [4.78, 5) is 10.8. The fourth-order valence-electron chi connectivity index (χ4n) is 0.839. The maximum Gasteiger partial charge on any atom is 0.323 e. The topological polar surface area (TPSA) is 69.6 Å². The second kappa shape index (κ2) is 5.19. The van der Waals surface area contributed by atoms with E-state index in [1.165, 1.54) is 0 Å². The van der Waals surface area contributed by atoms with Gasteiger partial charge in [-0.1, -0.05) is 13.8 Å². The molecule has 0 saturated heterocycles. The number of carboxylic acids is 1. The molecule has 4 heteroatoms. The third kappa shape index (κ3) is 3.74. The number of β-amino-alcohol motifs (C(OH)–C–C–N with tert-alkyl or cyclic N) is 1. The Kier molecular flexibility index (Phi) is 4.95. The van der Waals surface area contributed by atoms with Crippen molar-refractivity contribution in [3.05, 3.63) is 0 Å². The minimum atomic E-state index is -0.920. The number of carboxylic acid groups (broad SMARTS) is 1. The first-order chi connectivity index (χ1) is 5.96. The Bertz CT molecular complexity index is 172. The van der Waals surface area contributed by atoms with Gasteiger partial charge in [0.05, 0.1) is 6.10 Å². The summed E-state index contributed by atoms with van der Waals surface area (Å²) < 4.78 is 0. The van der Waals surface area contributed by atoms with Crippen LogP contribution in [0.5, 0.6) is 0 Å². The molecule has 0 saturated carbocycles. The van der Waals surface area contributed by atoms with Crippen LogP contribution in [0.25, 0.3) is 0 Å². The number of rotatable bonds is 6. The van der Waals surface area contributed by atoms with Crippen LogP contribution in [0.3, 0.4) is 0 Å². The second-order valence-corrected chi connectivity index (χ2v) is 3.43. The Balaban J connectivity index is 4.05. The van der Waals surface area contributed by atoms with Crippen molar-refractivity contribution in [1.29, 1.82) is 0 Å². The van der Waals surface area contributed by atoms with Crippen molar-refractivity contribution in [2.45, 2.75) is 45.3 Å². The number of aliphatic carboxylic acids is 1. The monoisotopic (exact) mass is 189 g/mol. The molecule has 13 heavy (non-hydrogen) atoms. The molecule has 2 unspecified atom stereocenters. The second-order valence-electron chi connectivity index (χ2n) is 3.43. The third-order valence-corrected chi connectivity index (χ3v) is 2.38. The van der Waals surface area contributed by atoms with Crippen LogP contribution < -0.4 is 5.32 Å². The summed E-state index contributed by atoms with van der Waals surface area (Å²) in [7, 11) is 0. The van der Waals surface area contributed by atoms with Gasteiger partial charge >= 0.3 is 5.97 Å². The van der Waals surface area contributed by atoms with Crippen LogP contribution in [0.1, 0.15) is 33.6 Å². The van der Waals surface area contributed by atoms with Crippen LogP contribution in [-0.2, 0) is 4.79 Å². The molecule has 0 heterocycles. The maximum absolute atomic E-state index is 10.8. The molecular formula is C9H19NO3. The molecule has 0 radical (unpaired) electrons. The zero-order valence-corrected chi connectivity index (χ0v) is 8.50. The van der Waals surface area contributed by atoms with Gasteiger partial charge in [-0.15, -0.1) is 0 Å². The molecule has 0 spiro atoms. The molecule has 0 aromatic carbocycles. The summed E-state index contributed by atoms with van der Waals surface area (Å²) in [5.74, 6) is -0.877. The Labute approximate surface area is 79.0 Å². The number of hydrogen-bond donors (Lipinski definition) is 3. The van der Waals surface area contributed by atoms with Gasteiger partial charge in [0.1, 0.15) is 5.54 Å². The number of hydrogen-bond acceptors (Lipinski definition) is 3. The maximum atomic E-state index is 10.8. The van der Waals surface area contributed by atoms with E-state index < -0.39 is 17.6 Å². The fraction of sp³-hybridized carbons (Fsp3) is 0.889. The first-order valence-electron chi connectivity index (χ1n) is 4.62. The van der Waals surface area contributed by atoms with Gasteiger partial charge in [-0.05, 0) is 19.8 Å². The van der Waals surface area contributed by atoms with E-state index >= 15 is 0 Å². The molecule has 0 aromatic heterocycles. The largest absolute Gasteiger partial charge is 0.480 e. The molecule has 0 aliphatic carbocycles. The molecule has 78 valence electrons. The molecule has 2 atom stereocenters. The fourth-order valence-corrected chi connectivity index (χ4v) is 0.839. The average molecular weight is 189 g/mol. The number of carbonyl (C=O) groups is 1. The average Bonchev–Trinajstić information content (AvgIpc) is 2.13. The lowest BCUT2D eigenvalue weighted by atomic mass is 9.99. The van der Waals surface area contributed by atoms with Gasteiger partial charge in [-0.25, -0.2) is 0 Å². The van der Waals surface area contributed by atoms with Gasteiger partial charge in [-0.3, -0.25) is 10.1 Å². The van der Waals surface area contributed by atoms with Gasteiger partial charge in [0.2, 0.25) is 0 Å². The molecule has 0 bridgehead atoms. The number of aliphatic hydroxyl groups is 1. The first-order valence-corrected chi connectivity index (χ1v) is 4.62. The highest BCUT2D eigenvalue weighted by molar-refractivity contribution is 5.78. The lowest BCUT2D eigenvalue weighted by molar-refractivity contribution is -0.144. The van der Waals surface area contributed by atoms with E-state index in [-0.39, 0.29) is 0 Å². The zero-order valence-electron chi connectivity index (χ0n) is 8.50. The van der Waals surface area contributed by atoms with Crippen molar-refractivity contribution in [2.75, 3.05) is 6.54 Å². The predicted molar refractivity (Wildman–Crippen MR) is 50.6 cm³/mol. The summed E-state index contributed by atoms with van der Waals surface area (Å²) in [5, 5.41) is 21.0. The highest BCUT2D eigenvalue weighted by atomic mass is 16.4. The van der Waals surface area contributed by atoms with Gasteiger partial charge in [-0.2, -0.15) is 0 Å². The minimum absolute atomic E-state index is 0.327. The van der Waals surface area contributed by atoms with E-state index in [0.29, 0.717) is 19.4 Å². The molecule has 0 aliphatic heterocycles. The Hall–Kier alpha value is -0.610. The van der Waals surface area contributed by atoms with Crippen LogP contribution in [-0.4, -0.2) is 34.4 Å². The summed E-state index contributed by atoms with van der Waals surface area (Å²) in [6.07, 6.45) is 0.663. The number of nitrogens with one attached hydrogen (secondary N) is 1. The number of aliphatic hydroxyl groups excluding tert-OH is 1. The SMILES string of the molecule is CCC(O)CNC(C)(CC)C(=O)O. The van der Waals surface area contributed by atoms with E-state index in [1.54, 1.807) is 13.8 Å². The van der Waals surface area contributed by atoms with Gasteiger partial charge in [0.15, 0.2) is 0 Å².